The summed E-state index contributed by atoms with van der Waals surface area (Å²) in [6.07, 6.45) is 1.38. The molecule has 2 rings (SSSR count). The Balaban J connectivity index is 2.88. The van der Waals surface area contributed by atoms with Crippen molar-refractivity contribution in [3.05, 3.63) is 23.1 Å². The minimum absolute atomic E-state index is 0.0567. The molecule has 0 bridgehead atoms. The van der Waals surface area contributed by atoms with E-state index in [2.05, 4.69) is 25.3 Å². The van der Waals surface area contributed by atoms with Gasteiger partial charge in [-0.25, -0.2) is 15.0 Å². The molecule has 0 aromatic carbocycles. The van der Waals surface area contributed by atoms with Crippen LogP contribution in [0.3, 0.4) is 0 Å². The van der Waals surface area contributed by atoms with Crippen LogP contribution in [0, 0.1) is 0 Å². The van der Waals surface area contributed by atoms with Crippen molar-refractivity contribution < 1.29 is 14.6 Å². The van der Waals surface area contributed by atoms with Crippen molar-refractivity contribution in [3.8, 4) is 23.3 Å². The minimum atomic E-state index is -0.438. The summed E-state index contributed by atoms with van der Waals surface area (Å²) in [5.41, 5.74) is 0.564. The number of nitrogens with one attached hydrogen (secondary N) is 1. The number of rotatable bonds is 3. The van der Waals surface area contributed by atoms with Crippen LogP contribution in [-0.2, 0) is 10.8 Å². The van der Waals surface area contributed by atoms with Crippen LogP contribution in [0.2, 0.25) is 0 Å². The minimum Gasteiger partial charge on any atom is -0.504 e. The van der Waals surface area contributed by atoms with Gasteiger partial charge < -0.3 is 15.2 Å². The number of carbonyl (C=O) groups excluding carboxylic acids is 1. The number of nitrogens with zero attached hydrogens (tertiary/aromatic N) is 4. The van der Waals surface area contributed by atoms with Crippen molar-refractivity contribution in [2.75, 3.05) is 14.2 Å². The summed E-state index contributed by atoms with van der Waals surface area (Å²) in [7, 11) is 2.96. The maximum absolute atomic E-state index is 12.3. The zero-order valence-electron chi connectivity index (χ0n) is 17.1. The lowest BCUT2D eigenvalue weighted by molar-refractivity contribution is 0.0963. The highest BCUT2D eigenvalue weighted by Gasteiger charge is 2.31. The summed E-state index contributed by atoms with van der Waals surface area (Å²) in [5.74, 6) is -0.0674. The highest BCUT2D eigenvalue weighted by Crippen LogP contribution is 2.38. The van der Waals surface area contributed by atoms with Crippen molar-refractivity contribution in [2.45, 2.75) is 52.4 Å². The highest BCUT2D eigenvalue weighted by atomic mass is 16.5. The van der Waals surface area contributed by atoms with Crippen LogP contribution < -0.4 is 10.1 Å². The van der Waals surface area contributed by atoms with Gasteiger partial charge in [-0.3, -0.25) is 4.79 Å². The zero-order chi connectivity index (χ0) is 20.6. The average Bonchev–Trinajstić information content (AvgIpc) is 2.58. The van der Waals surface area contributed by atoms with Crippen LogP contribution in [0.5, 0.6) is 11.8 Å². The van der Waals surface area contributed by atoms with E-state index in [0.29, 0.717) is 11.4 Å². The SMILES string of the molecule is CNC(=O)c1cnc(OC)nc1-c1nc(C(C)(C)C)c(O)c(C(C)(C)C)n1. The highest BCUT2D eigenvalue weighted by molar-refractivity contribution is 5.98. The Hall–Kier alpha value is -2.77. The molecule has 0 radical (unpaired) electrons. The summed E-state index contributed by atoms with van der Waals surface area (Å²) in [6.45, 7) is 11.7. The van der Waals surface area contributed by atoms with E-state index >= 15 is 0 Å². The van der Waals surface area contributed by atoms with Gasteiger partial charge in [-0.1, -0.05) is 41.5 Å². The predicted octanol–water partition coefficient (Wildman–Crippen LogP) is 2.60. The monoisotopic (exact) mass is 373 g/mol. The molecule has 0 saturated heterocycles. The smallest absolute Gasteiger partial charge is 0.316 e. The molecule has 0 unspecified atom stereocenters. The second-order valence-electron chi connectivity index (χ2n) is 8.29. The molecule has 1 amide bonds. The van der Waals surface area contributed by atoms with Gasteiger partial charge in [0.15, 0.2) is 11.6 Å². The molecule has 8 heteroatoms. The molecule has 2 N–H and O–H groups in total. The maximum Gasteiger partial charge on any atom is 0.316 e. The number of amides is 1. The van der Waals surface area contributed by atoms with Gasteiger partial charge in [0.05, 0.1) is 24.1 Å². The Morgan fingerprint density at radius 3 is 1.96 bits per heavy atom. The summed E-state index contributed by atoms with van der Waals surface area (Å²) in [4.78, 5) is 29.7. The molecule has 146 valence electrons. The molecule has 27 heavy (non-hydrogen) atoms. The van der Waals surface area contributed by atoms with E-state index in [4.69, 9.17) is 4.74 Å². The topological polar surface area (TPSA) is 110 Å². The fraction of sp³-hybridized carbons (Fsp3) is 0.526. The van der Waals surface area contributed by atoms with Crippen molar-refractivity contribution in [2.24, 2.45) is 0 Å². The molecule has 0 aliphatic rings. The molecule has 0 aliphatic heterocycles. The molecule has 0 fully saturated rings. The maximum atomic E-state index is 12.3. The van der Waals surface area contributed by atoms with Gasteiger partial charge in [0, 0.05) is 24.1 Å². The molecule has 8 nitrogen and oxygen atoms in total. The molecule has 2 aromatic heterocycles. The summed E-state index contributed by atoms with van der Waals surface area (Å²) >= 11 is 0. The third kappa shape index (κ3) is 4.15. The zero-order valence-corrected chi connectivity index (χ0v) is 17.1. The van der Waals surface area contributed by atoms with Crippen molar-refractivity contribution in [1.29, 1.82) is 0 Å². The van der Waals surface area contributed by atoms with Gasteiger partial charge in [-0.05, 0) is 0 Å². The quantitative estimate of drug-likeness (QED) is 0.851. The number of hydrogen-bond acceptors (Lipinski definition) is 7. The molecule has 2 heterocycles. The molecule has 0 spiro atoms. The van der Waals surface area contributed by atoms with E-state index in [-0.39, 0.29) is 34.7 Å². The Kier molecular flexibility index (Phi) is 5.40. The van der Waals surface area contributed by atoms with Gasteiger partial charge in [-0.15, -0.1) is 0 Å². The molecule has 0 saturated carbocycles. The van der Waals surface area contributed by atoms with E-state index in [1.165, 1.54) is 20.4 Å². The number of hydrogen-bond donors (Lipinski definition) is 2. The standard InChI is InChI=1S/C19H27N5O3/c1-18(2,3)13-12(25)14(19(4,5)6)24-15(23-13)11-10(16(26)20-7)9-21-17(22-11)27-8/h9,25H,1-8H3,(H,20,26). The third-order valence-corrected chi connectivity index (χ3v) is 3.94. The molecule has 0 aliphatic carbocycles. The van der Waals surface area contributed by atoms with Gasteiger partial charge in [0.25, 0.3) is 5.91 Å². The average molecular weight is 373 g/mol. The number of methoxy groups -OCH3 is 1. The van der Waals surface area contributed by atoms with Crippen LogP contribution in [-0.4, -0.2) is 45.1 Å². The van der Waals surface area contributed by atoms with Gasteiger partial charge >= 0.3 is 6.01 Å². The third-order valence-electron chi connectivity index (χ3n) is 3.94. The predicted molar refractivity (Wildman–Crippen MR) is 102 cm³/mol. The van der Waals surface area contributed by atoms with Crippen LogP contribution >= 0.6 is 0 Å². The normalized spacial score (nSPS) is 12.0. The summed E-state index contributed by atoms with van der Waals surface area (Å²) in [6, 6.07) is 0.101. The first-order valence-electron chi connectivity index (χ1n) is 8.65. The molecule has 0 atom stereocenters. The Bertz CT molecular complexity index is 832. The van der Waals surface area contributed by atoms with Crippen LogP contribution in [0.15, 0.2) is 6.20 Å². The second kappa shape index (κ2) is 7.09. The molecular formula is C19H27N5O3. The number of ether oxygens (including phenoxy) is 1. The van der Waals surface area contributed by atoms with E-state index < -0.39 is 10.8 Å². The lowest BCUT2D eigenvalue weighted by Crippen LogP contribution is -2.23. The van der Waals surface area contributed by atoms with Crippen LogP contribution in [0.25, 0.3) is 11.5 Å². The first-order chi connectivity index (χ1) is 12.4. The largest absolute Gasteiger partial charge is 0.504 e. The summed E-state index contributed by atoms with van der Waals surface area (Å²) < 4.78 is 5.10. The second-order valence-corrected chi connectivity index (χ2v) is 8.29. The lowest BCUT2D eigenvalue weighted by atomic mass is 9.85. The fourth-order valence-electron chi connectivity index (χ4n) is 2.54. The van der Waals surface area contributed by atoms with Crippen LogP contribution in [0.4, 0.5) is 0 Å². The van der Waals surface area contributed by atoms with Crippen molar-refractivity contribution in [3.63, 3.8) is 0 Å². The van der Waals surface area contributed by atoms with E-state index in [1.807, 2.05) is 41.5 Å². The van der Waals surface area contributed by atoms with E-state index in [1.54, 1.807) is 0 Å². The first-order valence-corrected chi connectivity index (χ1v) is 8.65. The van der Waals surface area contributed by atoms with Gasteiger partial charge in [0.1, 0.15) is 5.69 Å². The van der Waals surface area contributed by atoms with E-state index in [0.717, 1.165) is 0 Å². The Morgan fingerprint density at radius 2 is 1.56 bits per heavy atom. The number of carbonyl (C=O) groups is 1. The number of aromatic hydroxyl groups is 1. The van der Waals surface area contributed by atoms with Crippen molar-refractivity contribution >= 4 is 5.91 Å². The summed E-state index contributed by atoms with van der Waals surface area (Å²) in [5, 5.41) is 13.4. The molecular weight excluding hydrogens is 346 g/mol. The first kappa shape index (κ1) is 20.5. The number of aromatic nitrogens is 4. The Morgan fingerprint density at radius 1 is 1.04 bits per heavy atom. The Labute approximate surface area is 159 Å². The van der Waals surface area contributed by atoms with E-state index in [9.17, 15) is 9.90 Å². The van der Waals surface area contributed by atoms with Crippen molar-refractivity contribution in [1.82, 2.24) is 25.3 Å². The lowest BCUT2D eigenvalue weighted by Gasteiger charge is -2.26. The molecule has 2 aromatic rings. The fourth-order valence-corrected chi connectivity index (χ4v) is 2.54. The van der Waals surface area contributed by atoms with Gasteiger partial charge in [-0.2, -0.15) is 4.98 Å². The van der Waals surface area contributed by atoms with Gasteiger partial charge in [0.2, 0.25) is 0 Å². The van der Waals surface area contributed by atoms with Crippen LogP contribution in [0.1, 0.15) is 63.3 Å².